The van der Waals surface area contributed by atoms with E-state index in [-0.39, 0.29) is 5.78 Å². The number of esters is 1. The molecule has 0 unspecified atom stereocenters. The molecule has 0 amide bonds. The maximum atomic E-state index is 12.6. The van der Waals surface area contributed by atoms with Crippen molar-refractivity contribution in [1.82, 2.24) is 0 Å². The van der Waals surface area contributed by atoms with Crippen LogP contribution in [0, 0.1) is 6.92 Å². The standard InChI is InChI=1S/C27H26O5/c1-4-30-24-14-11-20(18-25(24)31-5-2)12-16-26(28)32-23-15-13-22(17-19(23)3)27(29)21-9-7-6-8-10-21/h6-18H,4-5H2,1-3H3/b16-12+. The largest absolute Gasteiger partial charge is 0.490 e. The lowest BCUT2D eigenvalue weighted by Gasteiger charge is -2.11. The van der Waals surface area contributed by atoms with Crippen molar-refractivity contribution in [2.45, 2.75) is 20.8 Å². The van der Waals surface area contributed by atoms with Crippen LogP contribution in [0.4, 0.5) is 0 Å². The fraction of sp³-hybridized carbons (Fsp3) is 0.185. The molecule has 0 radical (unpaired) electrons. The molecule has 0 saturated carbocycles. The van der Waals surface area contributed by atoms with Crippen LogP contribution in [0.2, 0.25) is 0 Å². The highest BCUT2D eigenvalue weighted by molar-refractivity contribution is 6.09. The average Bonchev–Trinajstić information content (AvgIpc) is 2.81. The summed E-state index contributed by atoms with van der Waals surface area (Å²) in [7, 11) is 0. The van der Waals surface area contributed by atoms with Gasteiger partial charge in [-0.15, -0.1) is 0 Å². The summed E-state index contributed by atoms with van der Waals surface area (Å²) in [5.74, 6) is 1.11. The summed E-state index contributed by atoms with van der Waals surface area (Å²) in [6.07, 6.45) is 3.01. The van der Waals surface area contributed by atoms with Crippen LogP contribution in [-0.2, 0) is 4.79 Å². The number of hydrogen-bond donors (Lipinski definition) is 0. The summed E-state index contributed by atoms with van der Waals surface area (Å²) in [5, 5.41) is 0. The Morgan fingerprint density at radius 2 is 1.47 bits per heavy atom. The van der Waals surface area contributed by atoms with Gasteiger partial charge in [0.25, 0.3) is 0 Å². The van der Waals surface area contributed by atoms with Gasteiger partial charge in [0, 0.05) is 17.2 Å². The van der Waals surface area contributed by atoms with Crippen molar-refractivity contribution < 1.29 is 23.8 Å². The van der Waals surface area contributed by atoms with E-state index < -0.39 is 5.97 Å². The molecule has 0 fully saturated rings. The summed E-state index contributed by atoms with van der Waals surface area (Å²) in [6, 6.07) is 19.5. The molecule has 0 spiro atoms. The van der Waals surface area contributed by atoms with Gasteiger partial charge < -0.3 is 14.2 Å². The molecule has 0 aliphatic rings. The number of benzene rings is 3. The molecule has 5 nitrogen and oxygen atoms in total. The topological polar surface area (TPSA) is 61.8 Å². The second kappa shape index (κ2) is 11.0. The van der Waals surface area contributed by atoms with E-state index in [2.05, 4.69) is 0 Å². The first kappa shape index (κ1) is 22.8. The van der Waals surface area contributed by atoms with Crippen molar-refractivity contribution in [1.29, 1.82) is 0 Å². The molecule has 3 rings (SSSR count). The van der Waals surface area contributed by atoms with Crippen LogP contribution in [0.15, 0.2) is 72.8 Å². The van der Waals surface area contributed by atoms with Crippen molar-refractivity contribution in [2.24, 2.45) is 0 Å². The summed E-state index contributed by atoms with van der Waals surface area (Å²) in [5.41, 5.74) is 2.64. The molecule has 0 atom stereocenters. The minimum atomic E-state index is -0.512. The van der Waals surface area contributed by atoms with Crippen LogP contribution < -0.4 is 14.2 Å². The van der Waals surface area contributed by atoms with Gasteiger partial charge in [-0.3, -0.25) is 4.79 Å². The lowest BCUT2D eigenvalue weighted by Crippen LogP contribution is -2.06. The number of rotatable bonds is 9. The van der Waals surface area contributed by atoms with Gasteiger partial charge in [-0.2, -0.15) is 0 Å². The second-order valence-corrected chi connectivity index (χ2v) is 7.00. The molecule has 0 saturated heterocycles. The predicted octanol–water partition coefficient (Wildman–Crippen LogP) is 5.64. The summed E-state index contributed by atoms with van der Waals surface area (Å²) < 4.78 is 16.6. The van der Waals surface area contributed by atoms with E-state index in [9.17, 15) is 9.59 Å². The first-order valence-electron chi connectivity index (χ1n) is 10.5. The highest BCUT2D eigenvalue weighted by Crippen LogP contribution is 2.29. The Labute approximate surface area is 188 Å². The van der Waals surface area contributed by atoms with Crippen LogP contribution in [0.5, 0.6) is 17.2 Å². The first-order valence-corrected chi connectivity index (χ1v) is 10.5. The number of carbonyl (C=O) groups excluding carboxylic acids is 2. The van der Waals surface area contributed by atoms with E-state index in [4.69, 9.17) is 14.2 Å². The second-order valence-electron chi connectivity index (χ2n) is 7.00. The predicted molar refractivity (Wildman–Crippen MR) is 125 cm³/mol. The van der Waals surface area contributed by atoms with Gasteiger partial charge in [0.15, 0.2) is 17.3 Å². The highest BCUT2D eigenvalue weighted by Gasteiger charge is 2.12. The minimum absolute atomic E-state index is 0.0768. The Morgan fingerprint density at radius 1 is 0.781 bits per heavy atom. The van der Waals surface area contributed by atoms with Gasteiger partial charge in [-0.25, -0.2) is 4.79 Å². The molecule has 164 valence electrons. The van der Waals surface area contributed by atoms with Crippen molar-refractivity contribution >= 4 is 17.8 Å². The van der Waals surface area contributed by atoms with Crippen LogP contribution >= 0.6 is 0 Å². The van der Waals surface area contributed by atoms with E-state index in [0.717, 1.165) is 5.56 Å². The minimum Gasteiger partial charge on any atom is -0.490 e. The molecule has 5 heteroatoms. The lowest BCUT2D eigenvalue weighted by molar-refractivity contribution is -0.128. The van der Waals surface area contributed by atoms with E-state index in [1.54, 1.807) is 43.3 Å². The third-order valence-electron chi connectivity index (χ3n) is 4.66. The van der Waals surface area contributed by atoms with Gasteiger partial charge in [0.2, 0.25) is 0 Å². The molecule has 0 N–H and O–H groups in total. The Hall–Kier alpha value is -3.86. The molecule has 3 aromatic carbocycles. The van der Waals surface area contributed by atoms with Crippen molar-refractivity contribution in [2.75, 3.05) is 13.2 Å². The van der Waals surface area contributed by atoms with Crippen LogP contribution in [0.3, 0.4) is 0 Å². The summed E-state index contributed by atoms with van der Waals surface area (Å²) in [4.78, 5) is 24.9. The highest BCUT2D eigenvalue weighted by atomic mass is 16.5. The van der Waals surface area contributed by atoms with Crippen molar-refractivity contribution in [3.63, 3.8) is 0 Å². The third kappa shape index (κ3) is 5.85. The summed E-state index contributed by atoms with van der Waals surface area (Å²) in [6.45, 7) is 6.66. The zero-order valence-corrected chi connectivity index (χ0v) is 18.5. The van der Waals surface area contributed by atoms with Gasteiger partial charge in [0.05, 0.1) is 13.2 Å². The number of ketones is 1. The third-order valence-corrected chi connectivity index (χ3v) is 4.66. The van der Waals surface area contributed by atoms with E-state index in [1.807, 2.05) is 50.2 Å². The zero-order chi connectivity index (χ0) is 22.9. The number of carbonyl (C=O) groups is 2. The summed E-state index contributed by atoms with van der Waals surface area (Å²) >= 11 is 0. The number of aryl methyl sites for hydroxylation is 1. The number of ether oxygens (including phenoxy) is 3. The number of hydrogen-bond acceptors (Lipinski definition) is 5. The molecule has 0 aromatic heterocycles. The van der Waals surface area contributed by atoms with Gasteiger partial charge in [-0.05, 0) is 68.3 Å². The molecule has 3 aromatic rings. The molecule has 32 heavy (non-hydrogen) atoms. The maximum absolute atomic E-state index is 12.6. The molecule has 0 bridgehead atoms. The van der Waals surface area contributed by atoms with Crippen LogP contribution in [0.25, 0.3) is 6.08 Å². The van der Waals surface area contributed by atoms with Gasteiger partial charge in [0.1, 0.15) is 5.75 Å². The van der Waals surface area contributed by atoms with E-state index >= 15 is 0 Å². The SMILES string of the molecule is CCOc1ccc(/C=C/C(=O)Oc2ccc(C(=O)c3ccccc3)cc2C)cc1OCC. The van der Waals surface area contributed by atoms with Crippen LogP contribution in [-0.4, -0.2) is 25.0 Å². The smallest absolute Gasteiger partial charge is 0.336 e. The quantitative estimate of drug-likeness (QED) is 0.190. The van der Waals surface area contributed by atoms with Crippen molar-refractivity contribution in [3.05, 3.63) is 95.1 Å². The average molecular weight is 431 g/mol. The van der Waals surface area contributed by atoms with Gasteiger partial charge in [-0.1, -0.05) is 36.4 Å². The Bertz CT molecular complexity index is 1120. The van der Waals surface area contributed by atoms with Crippen molar-refractivity contribution in [3.8, 4) is 17.2 Å². The Balaban J connectivity index is 1.69. The molecule has 0 heterocycles. The normalized spacial score (nSPS) is 10.7. The lowest BCUT2D eigenvalue weighted by atomic mass is 10.0. The Kier molecular flexibility index (Phi) is 7.81. The Morgan fingerprint density at radius 3 is 2.16 bits per heavy atom. The first-order chi connectivity index (χ1) is 15.5. The molecular weight excluding hydrogens is 404 g/mol. The fourth-order valence-electron chi connectivity index (χ4n) is 3.14. The van der Waals surface area contributed by atoms with E-state index in [1.165, 1.54) is 6.08 Å². The molecular formula is C27H26O5. The molecule has 0 aliphatic carbocycles. The van der Waals surface area contributed by atoms with Crippen LogP contribution in [0.1, 0.15) is 40.9 Å². The monoisotopic (exact) mass is 430 g/mol. The maximum Gasteiger partial charge on any atom is 0.336 e. The zero-order valence-electron chi connectivity index (χ0n) is 18.5. The van der Waals surface area contributed by atoms with E-state index in [0.29, 0.717) is 47.2 Å². The van der Waals surface area contributed by atoms with Gasteiger partial charge >= 0.3 is 5.97 Å². The molecule has 0 aliphatic heterocycles. The fourth-order valence-corrected chi connectivity index (χ4v) is 3.14.